The topological polar surface area (TPSA) is 95.5 Å². The zero-order valence-electron chi connectivity index (χ0n) is 15.7. The molecule has 3 rings (SSSR count). The lowest BCUT2D eigenvalue weighted by molar-refractivity contribution is 0.0915. The molecule has 0 bridgehead atoms. The van der Waals surface area contributed by atoms with Crippen LogP contribution in [0.25, 0.3) is 0 Å². The number of aryl methyl sites for hydroxylation is 1. The molecule has 10 heteroatoms. The van der Waals surface area contributed by atoms with Crippen LogP contribution in [0, 0.1) is 18.6 Å². The Morgan fingerprint density at radius 3 is 2.50 bits per heavy atom. The second kappa shape index (κ2) is 8.90. The number of sulfonamides is 1. The van der Waals surface area contributed by atoms with Gasteiger partial charge in [-0.2, -0.15) is 0 Å². The smallest absolute Gasteiger partial charge is 0.263 e. The number of benzene rings is 2. The Balaban J connectivity index is 1.72. The number of anilines is 1. The van der Waals surface area contributed by atoms with Gasteiger partial charge in [-0.05, 0) is 36.6 Å². The molecule has 158 valence electrons. The average molecular weight is 453 g/mol. The van der Waals surface area contributed by atoms with Crippen LogP contribution in [0.15, 0.2) is 58.8 Å². The molecule has 0 aliphatic heterocycles. The van der Waals surface area contributed by atoms with E-state index in [1.54, 1.807) is 24.3 Å². The zero-order valence-corrected chi connectivity index (χ0v) is 17.4. The highest BCUT2D eigenvalue weighted by Crippen LogP contribution is 2.25. The summed E-state index contributed by atoms with van der Waals surface area (Å²) in [6, 6.07) is 10.7. The summed E-state index contributed by atoms with van der Waals surface area (Å²) >= 11 is 0.914. The first-order valence-corrected chi connectivity index (χ1v) is 11.1. The number of thiophene rings is 1. The first kappa shape index (κ1) is 21.9. The molecule has 0 aliphatic rings. The van der Waals surface area contributed by atoms with Gasteiger partial charge in [-0.15, -0.1) is 11.3 Å². The van der Waals surface area contributed by atoms with Crippen molar-refractivity contribution < 1.29 is 27.1 Å². The molecule has 1 atom stereocenters. The van der Waals surface area contributed by atoms with Gasteiger partial charge in [-0.25, -0.2) is 17.2 Å². The molecule has 0 saturated heterocycles. The van der Waals surface area contributed by atoms with E-state index < -0.39 is 33.7 Å². The van der Waals surface area contributed by atoms with Gasteiger partial charge in [0, 0.05) is 23.9 Å². The lowest BCUT2D eigenvalue weighted by atomic mass is 10.1. The van der Waals surface area contributed by atoms with E-state index >= 15 is 0 Å². The number of carbonyl (C=O) groups excluding carboxylic acids is 1. The predicted molar refractivity (Wildman–Crippen MR) is 110 cm³/mol. The zero-order chi connectivity index (χ0) is 21.9. The Labute approximate surface area is 176 Å². The van der Waals surface area contributed by atoms with Crippen LogP contribution < -0.4 is 10.0 Å². The highest BCUT2D eigenvalue weighted by atomic mass is 32.2. The summed E-state index contributed by atoms with van der Waals surface area (Å²) in [4.78, 5) is 12.2. The molecule has 1 unspecified atom stereocenters. The number of rotatable bonds is 7. The van der Waals surface area contributed by atoms with Crippen molar-refractivity contribution in [2.24, 2.45) is 0 Å². The van der Waals surface area contributed by atoms with Crippen molar-refractivity contribution in [3.8, 4) is 0 Å². The van der Waals surface area contributed by atoms with E-state index in [2.05, 4.69) is 10.0 Å². The van der Waals surface area contributed by atoms with Crippen LogP contribution in [-0.4, -0.2) is 26.0 Å². The monoisotopic (exact) mass is 452 g/mol. The molecule has 0 radical (unpaired) electrons. The molecular weight excluding hydrogens is 434 g/mol. The van der Waals surface area contributed by atoms with E-state index in [0.29, 0.717) is 11.8 Å². The minimum absolute atomic E-state index is 0.0820. The Bertz CT molecular complexity index is 1160. The van der Waals surface area contributed by atoms with E-state index in [-0.39, 0.29) is 21.9 Å². The summed E-state index contributed by atoms with van der Waals surface area (Å²) in [6.07, 6.45) is -1.43. The summed E-state index contributed by atoms with van der Waals surface area (Å²) in [5.41, 5.74) is 1.13. The van der Waals surface area contributed by atoms with Gasteiger partial charge >= 0.3 is 0 Å². The van der Waals surface area contributed by atoms with Gasteiger partial charge in [-0.1, -0.05) is 23.8 Å². The van der Waals surface area contributed by atoms with Gasteiger partial charge in [0.2, 0.25) is 0 Å². The van der Waals surface area contributed by atoms with Crippen molar-refractivity contribution in [2.75, 3.05) is 11.3 Å². The van der Waals surface area contributed by atoms with Gasteiger partial charge in [0.05, 0.1) is 6.10 Å². The molecule has 3 aromatic rings. The van der Waals surface area contributed by atoms with Gasteiger partial charge < -0.3 is 10.4 Å². The Morgan fingerprint density at radius 2 is 1.83 bits per heavy atom. The van der Waals surface area contributed by atoms with Crippen LogP contribution in [0.4, 0.5) is 14.5 Å². The van der Waals surface area contributed by atoms with E-state index in [1.807, 2.05) is 6.92 Å². The van der Waals surface area contributed by atoms with Crippen molar-refractivity contribution >= 4 is 33.0 Å². The van der Waals surface area contributed by atoms with E-state index in [1.165, 1.54) is 11.4 Å². The first-order valence-electron chi connectivity index (χ1n) is 8.75. The summed E-state index contributed by atoms with van der Waals surface area (Å²) in [6.45, 7) is 1.48. The van der Waals surface area contributed by atoms with Crippen molar-refractivity contribution in [3.63, 3.8) is 0 Å². The SMILES string of the molecule is Cc1ccc(NS(=O)(=O)c2ccsc2C(=O)NCC(O)c2ccc(F)cc2F)cc1. The van der Waals surface area contributed by atoms with Crippen LogP contribution in [0.2, 0.25) is 0 Å². The number of carbonyl (C=O) groups is 1. The lowest BCUT2D eigenvalue weighted by Crippen LogP contribution is -2.29. The molecule has 0 fully saturated rings. The van der Waals surface area contributed by atoms with Crippen molar-refractivity contribution in [2.45, 2.75) is 17.9 Å². The molecule has 30 heavy (non-hydrogen) atoms. The molecular formula is C20H18F2N2O4S2. The van der Waals surface area contributed by atoms with Crippen LogP contribution >= 0.6 is 11.3 Å². The molecule has 0 saturated carbocycles. The fourth-order valence-corrected chi connectivity index (χ4v) is 5.06. The largest absolute Gasteiger partial charge is 0.386 e. The first-order chi connectivity index (χ1) is 14.2. The number of hydrogen-bond acceptors (Lipinski definition) is 5. The van der Waals surface area contributed by atoms with E-state index in [0.717, 1.165) is 29.0 Å². The molecule has 0 aliphatic carbocycles. The number of hydrogen-bond donors (Lipinski definition) is 3. The van der Waals surface area contributed by atoms with Gasteiger partial charge in [0.1, 0.15) is 21.4 Å². The van der Waals surface area contributed by atoms with Crippen molar-refractivity contribution in [3.05, 3.63) is 81.5 Å². The Hall–Kier alpha value is -2.82. The molecule has 3 N–H and O–H groups in total. The van der Waals surface area contributed by atoms with Crippen molar-refractivity contribution in [1.29, 1.82) is 0 Å². The van der Waals surface area contributed by atoms with Crippen LogP contribution in [0.1, 0.15) is 26.9 Å². The quantitative estimate of drug-likeness (QED) is 0.511. The number of aliphatic hydroxyl groups is 1. The Kier molecular flexibility index (Phi) is 6.49. The summed E-state index contributed by atoms with van der Waals surface area (Å²) in [5.74, 6) is -2.48. The predicted octanol–water partition coefficient (Wildman–Crippen LogP) is 3.60. The van der Waals surface area contributed by atoms with E-state index in [4.69, 9.17) is 0 Å². The number of halogens is 2. The van der Waals surface area contributed by atoms with Gasteiger partial charge in [0.15, 0.2) is 0 Å². The fraction of sp³-hybridized carbons (Fsp3) is 0.150. The average Bonchev–Trinajstić information content (AvgIpc) is 3.18. The van der Waals surface area contributed by atoms with Gasteiger partial charge in [-0.3, -0.25) is 9.52 Å². The fourth-order valence-electron chi connectivity index (χ4n) is 2.66. The third-order valence-electron chi connectivity index (χ3n) is 4.21. The highest BCUT2D eigenvalue weighted by Gasteiger charge is 2.25. The lowest BCUT2D eigenvalue weighted by Gasteiger charge is -2.14. The maximum Gasteiger partial charge on any atom is 0.263 e. The summed E-state index contributed by atoms with van der Waals surface area (Å²) in [7, 11) is -4.03. The molecule has 6 nitrogen and oxygen atoms in total. The summed E-state index contributed by atoms with van der Waals surface area (Å²) < 4.78 is 54.5. The second-order valence-corrected chi connectivity index (χ2v) is 9.04. The number of aliphatic hydroxyl groups excluding tert-OH is 1. The number of amides is 1. The Morgan fingerprint density at radius 1 is 1.13 bits per heavy atom. The van der Waals surface area contributed by atoms with Gasteiger partial charge in [0.25, 0.3) is 15.9 Å². The maximum absolute atomic E-state index is 13.8. The van der Waals surface area contributed by atoms with Crippen molar-refractivity contribution in [1.82, 2.24) is 5.32 Å². The minimum atomic E-state index is -4.03. The van der Waals surface area contributed by atoms with Crippen LogP contribution in [0.5, 0.6) is 0 Å². The molecule has 1 aromatic heterocycles. The maximum atomic E-state index is 13.8. The molecule has 0 spiro atoms. The highest BCUT2D eigenvalue weighted by molar-refractivity contribution is 7.93. The second-order valence-electron chi connectivity index (χ2n) is 6.48. The van der Waals surface area contributed by atoms with Crippen LogP contribution in [-0.2, 0) is 10.0 Å². The standard InChI is InChI=1S/C20H18F2N2O4S2/c1-12-2-5-14(6-3-12)24-30(27,28)18-8-9-29-19(18)20(26)23-11-17(25)15-7-4-13(21)10-16(15)22/h2-10,17,24-25H,11H2,1H3,(H,23,26). The summed E-state index contributed by atoms with van der Waals surface area (Å²) in [5, 5.41) is 13.9. The molecule has 1 heterocycles. The molecule has 2 aromatic carbocycles. The number of nitrogens with one attached hydrogen (secondary N) is 2. The normalized spacial score (nSPS) is 12.4. The third kappa shape index (κ3) is 5.02. The molecule has 1 amide bonds. The third-order valence-corrected chi connectivity index (χ3v) is 6.67. The van der Waals surface area contributed by atoms with Crippen LogP contribution in [0.3, 0.4) is 0 Å². The minimum Gasteiger partial charge on any atom is -0.386 e. The van der Waals surface area contributed by atoms with E-state index in [9.17, 15) is 27.1 Å².